The van der Waals surface area contributed by atoms with Crippen molar-refractivity contribution in [2.24, 2.45) is 0 Å². The van der Waals surface area contributed by atoms with Gasteiger partial charge in [0, 0.05) is 15.3 Å². The summed E-state index contributed by atoms with van der Waals surface area (Å²) in [5.74, 6) is 0.977. The Hall–Kier alpha value is -1.32. The molecule has 1 heterocycles. The van der Waals surface area contributed by atoms with E-state index in [1.165, 1.54) is 20.9 Å². The van der Waals surface area contributed by atoms with E-state index in [1.807, 2.05) is 24.3 Å². The van der Waals surface area contributed by atoms with Gasteiger partial charge in [0.1, 0.15) is 5.75 Å². The van der Waals surface area contributed by atoms with Gasteiger partial charge in [-0.05, 0) is 45.0 Å². The first-order valence-electron chi connectivity index (χ1n) is 7.19. The van der Waals surface area contributed by atoms with Crippen molar-refractivity contribution in [1.82, 2.24) is 5.32 Å². The van der Waals surface area contributed by atoms with E-state index >= 15 is 0 Å². The summed E-state index contributed by atoms with van der Waals surface area (Å²) in [6.07, 6.45) is 0. The summed E-state index contributed by atoms with van der Waals surface area (Å²) in [6.45, 7) is 10.1. The lowest BCUT2D eigenvalue weighted by molar-refractivity contribution is 0.334. The molecule has 0 amide bonds. The summed E-state index contributed by atoms with van der Waals surface area (Å²) < 4.78 is 5.79. The molecule has 1 aromatic carbocycles. The Labute approximate surface area is 125 Å². The van der Waals surface area contributed by atoms with Crippen molar-refractivity contribution in [2.45, 2.75) is 33.7 Å². The van der Waals surface area contributed by atoms with Crippen LogP contribution in [-0.2, 0) is 0 Å². The minimum absolute atomic E-state index is 0.208. The third kappa shape index (κ3) is 3.22. The molecule has 2 rings (SSSR count). The fourth-order valence-corrected chi connectivity index (χ4v) is 3.46. The number of benzene rings is 1. The summed E-state index contributed by atoms with van der Waals surface area (Å²) in [5.41, 5.74) is 2.58. The third-order valence-corrected chi connectivity index (χ3v) is 4.63. The van der Waals surface area contributed by atoms with Crippen molar-refractivity contribution in [3.63, 3.8) is 0 Å². The molecule has 0 saturated carbocycles. The van der Waals surface area contributed by atoms with Gasteiger partial charge in [0.05, 0.1) is 12.6 Å². The molecule has 20 heavy (non-hydrogen) atoms. The van der Waals surface area contributed by atoms with Crippen molar-refractivity contribution in [2.75, 3.05) is 13.2 Å². The maximum absolute atomic E-state index is 5.79. The first-order valence-corrected chi connectivity index (χ1v) is 8.01. The summed E-state index contributed by atoms with van der Waals surface area (Å²) in [5, 5.41) is 3.58. The quantitative estimate of drug-likeness (QED) is 0.847. The number of ether oxygens (including phenoxy) is 1. The van der Waals surface area contributed by atoms with E-state index in [2.05, 4.69) is 50.4 Å². The smallest absolute Gasteiger partial charge is 0.124 e. The van der Waals surface area contributed by atoms with E-state index in [4.69, 9.17) is 4.74 Å². The van der Waals surface area contributed by atoms with Gasteiger partial charge in [0.25, 0.3) is 0 Å². The number of hydrogen-bond donors (Lipinski definition) is 1. The Bertz CT molecular complexity index is 542. The first-order chi connectivity index (χ1) is 9.67. The van der Waals surface area contributed by atoms with Gasteiger partial charge in [-0.2, -0.15) is 0 Å². The zero-order chi connectivity index (χ0) is 14.5. The molecule has 0 bridgehead atoms. The number of thiophene rings is 1. The predicted octanol–water partition coefficient (Wildman–Crippen LogP) is 4.46. The molecule has 1 aromatic heterocycles. The molecule has 1 unspecified atom stereocenters. The number of hydrogen-bond acceptors (Lipinski definition) is 3. The molecule has 1 atom stereocenters. The molecule has 0 radical (unpaired) electrons. The molecule has 0 aliphatic carbocycles. The van der Waals surface area contributed by atoms with Gasteiger partial charge in [-0.15, -0.1) is 11.3 Å². The number of nitrogens with one attached hydrogen (secondary N) is 1. The highest BCUT2D eigenvalue weighted by Crippen LogP contribution is 2.35. The third-order valence-electron chi connectivity index (χ3n) is 3.41. The average Bonchev–Trinajstić information content (AvgIpc) is 2.77. The molecule has 1 N–H and O–H groups in total. The van der Waals surface area contributed by atoms with Crippen LogP contribution in [-0.4, -0.2) is 13.2 Å². The SMILES string of the molecule is CCNC(c1cc(C)c(C)s1)c1ccccc1OCC. The molecular formula is C17H23NOS. The molecule has 108 valence electrons. The summed E-state index contributed by atoms with van der Waals surface area (Å²) in [7, 11) is 0. The van der Waals surface area contributed by atoms with Crippen molar-refractivity contribution < 1.29 is 4.74 Å². The zero-order valence-electron chi connectivity index (χ0n) is 12.7. The van der Waals surface area contributed by atoms with Gasteiger partial charge in [0.2, 0.25) is 0 Å². The first kappa shape index (κ1) is 15.1. The van der Waals surface area contributed by atoms with Crippen molar-refractivity contribution in [3.05, 3.63) is 51.2 Å². The Morgan fingerprint density at radius 2 is 1.95 bits per heavy atom. The second kappa shape index (κ2) is 6.91. The average molecular weight is 289 g/mol. The van der Waals surface area contributed by atoms with Gasteiger partial charge in [-0.1, -0.05) is 25.1 Å². The van der Waals surface area contributed by atoms with Crippen molar-refractivity contribution in [1.29, 1.82) is 0 Å². The Morgan fingerprint density at radius 1 is 1.20 bits per heavy atom. The van der Waals surface area contributed by atoms with Gasteiger partial charge >= 0.3 is 0 Å². The van der Waals surface area contributed by atoms with Crippen LogP contribution in [0.25, 0.3) is 0 Å². The fraction of sp³-hybridized carbons (Fsp3) is 0.412. The molecule has 0 aliphatic rings. The van der Waals surface area contributed by atoms with Crippen LogP contribution >= 0.6 is 11.3 Å². The van der Waals surface area contributed by atoms with E-state index in [-0.39, 0.29) is 6.04 Å². The van der Waals surface area contributed by atoms with Crippen LogP contribution in [0.15, 0.2) is 30.3 Å². The Morgan fingerprint density at radius 3 is 2.55 bits per heavy atom. The lowest BCUT2D eigenvalue weighted by atomic mass is 10.0. The van der Waals surface area contributed by atoms with Crippen molar-refractivity contribution in [3.8, 4) is 5.75 Å². The Balaban J connectivity index is 2.42. The van der Waals surface area contributed by atoms with E-state index in [9.17, 15) is 0 Å². The highest BCUT2D eigenvalue weighted by molar-refractivity contribution is 7.12. The minimum atomic E-state index is 0.208. The minimum Gasteiger partial charge on any atom is -0.494 e. The van der Waals surface area contributed by atoms with Gasteiger partial charge < -0.3 is 10.1 Å². The lowest BCUT2D eigenvalue weighted by Crippen LogP contribution is -2.21. The second-order valence-corrected chi connectivity index (χ2v) is 6.14. The van der Waals surface area contributed by atoms with Crippen molar-refractivity contribution >= 4 is 11.3 Å². The van der Waals surface area contributed by atoms with Gasteiger partial charge in [-0.25, -0.2) is 0 Å². The summed E-state index contributed by atoms with van der Waals surface area (Å²) >= 11 is 1.87. The maximum Gasteiger partial charge on any atom is 0.124 e. The standard InChI is InChI=1S/C17H23NOS/c1-5-18-17(16-11-12(3)13(4)20-16)14-9-7-8-10-15(14)19-6-2/h7-11,17-18H,5-6H2,1-4H3. The van der Waals surface area contributed by atoms with E-state index in [1.54, 1.807) is 0 Å². The highest BCUT2D eigenvalue weighted by Gasteiger charge is 2.19. The molecule has 3 heteroatoms. The maximum atomic E-state index is 5.79. The summed E-state index contributed by atoms with van der Waals surface area (Å²) in [4.78, 5) is 2.74. The normalized spacial score (nSPS) is 12.4. The predicted molar refractivity (Wildman–Crippen MR) is 86.9 cm³/mol. The molecular weight excluding hydrogens is 266 g/mol. The highest BCUT2D eigenvalue weighted by atomic mass is 32.1. The monoisotopic (exact) mass is 289 g/mol. The summed E-state index contributed by atoms with van der Waals surface area (Å²) in [6, 6.07) is 10.8. The molecule has 0 fully saturated rings. The van der Waals surface area contributed by atoms with Crippen LogP contribution in [0, 0.1) is 13.8 Å². The second-order valence-electron chi connectivity index (χ2n) is 4.85. The van der Waals surface area contributed by atoms with Crippen LogP contribution in [0.3, 0.4) is 0 Å². The van der Waals surface area contributed by atoms with Crippen LogP contribution < -0.4 is 10.1 Å². The molecule has 0 spiro atoms. The van der Waals surface area contributed by atoms with Gasteiger partial charge in [-0.3, -0.25) is 0 Å². The van der Waals surface area contributed by atoms with E-state index in [0.29, 0.717) is 6.61 Å². The van der Waals surface area contributed by atoms with E-state index in [0.717, 1.165) is 12.3 Å². The molecule has 2 aromatic rings. The van der Waals surface area contributed by atoms with Crippen LogP contribution in [0.4, 0.5) is 0 Å². The molecule has 2 nitrogen and oxygen atoms in total. The molecule has 0 saturated heterocycles. The van der Waals surface area contributed by atoms with Crippen LogP contribution in [0.5, 0.6) is 5.75 Å². The van der Waals surface area contributed by atoms with Crippen LogP contribution in [0.1, 0.15) is 40.8 Å². The number of para-hydroxylation sites is 1. The van der Waals surface area contributed by atoms with E-state index < -0.39 is 0 Å². The van der Waals surface area contributed by atoms with Crippen LogP contribution in [0.2, 0.25) is 0 Å². The van der Waals surface area contributed by atoms with Gasteiger partial charge in [0.15, 0.2) is 0 Å². The number of rotatable bonds is 6. The topological polar surface area (TPSA) is 21.3 Å². The zero-order valence-corrected chi connectivity index (χ0v) is 13.5. The largest absolute Gasteiger partial charge is 0.494 e. The molecule has 0 aliphatic heterocycles. The Kier molecular flexibility index (Phi) is 5.21. The fourth-order valence-electron chi connectivity index (χ4n) is 2.32. The lowest BCUT2D eigenvalue weighted by Gasteiger charge is -2.20. The number of aryl methyl sites for hydroxylation is 2.